The van der Waals surface area contributed by atoms with Crippen LogP contribution in [0.4, 0.5) is 5.00 Å². The first-order valence-electron chi connectivity index (χ1n) is 10.5. The average molecular weight is 465 g/mol. The summed E-state index contributed by atoms with van der Waals surface area (Å²) in [6.07, 6.45) is 9.17. The summed E-state index contributed by atoms with van der Waals surface area (Å²) in [5.74, 6) is 0.207. The van der Waals surface area contributed by atoms with Crippen molar-refractivity contribution in [2.24, 2.45) is 0 Å². The molecule has 0 aliphatic carbocycles. The molecule has 33 heavy (non-hydrogen) atoms. The summed E-state index contributed by atoms with van der Waals surface area (Å²) in [7, 11) is 1.82. The zero-order valence-electron chi connectivity index (χ0n) is 18.7. The number of thiophene rings is 1. The highest BCUT2D eigenvalue weighted by Crippen LogP contribution is 2.36. The van der Waals surface area contributed by atoms with Gasteiger partial charge in [0.05, 0.1) is 18.5 Å². The Labute approximate surface area is 198 Å². The van der Waals surface area contributed by atoms with Gasteiger partial charge in [0.2, 0.25) is 5.91 Å². The van der Waals surface area contributed by atoms with Crippen LogP contribution in [0.5, 0.6) is 0 Å². The van der Waals surface area contributed by atoms with Crippen LogP contribution in [-0.4, -0.2) is 40.8 Å². The van der Waals surface area contributed by atoms with Crippen LogP contribution in [0.2, 0.25) is 0 Å². The van der Waals surface area contributed by atoms with Crippen LogP contribution in [0.15, 0.2) is 61.2 Å². The van der Waals surface area contributed by atoms with Crippen LogP contribution < -0.4 is 5.32 Å². The lowest BCUT2D eigenvalue weighted by molar-refractivity contribution is -0.131. The van der Waals surface area contributed by atoms with Crippen molar-refractivity contribution in [2.45, 2.75) is 32.2 Å². The molecule has 3 heterocycles. The molecule has 0 unspecified atom stereocenters. The summed E-state index contributed by atoms with van der Waals surface area (Å²) >= 11 is 1.57. The molecule has 3 rings (SSSR count). The molecule has 2 aromatic heterocycles. The third kappa shape index (κ3) is 7.16. The molecular formula is C25H28N4O3S. The van der Waals surface area contributed by atoms with Gasteiger partial charge in [-0.15, -0.1) is 11.3 Å². The number of rotatable bonds is 8. The number of hydrogen-bond donors (Lipinski definition) is 2. The normalized spacial score (nSPS) is 12.5. The summed E-state index contributed by atoms with van der Waals surface area (Å²) in [4.78, 5) is 29.4. The number of aliphatic hydroxyl groups excluding tert-OH is 1. The Bertz CT molecular complexity index is 1070. The first-order valence-corrected chi connectivity index (χ1v) is 11.3. The van der Waals surface area contributed by atoms with Gasteiger partial charge in [-0.1, -0.05) is 25.3 Å². The van der Waals surface area contributed by atoms with E-state index in [-0.39, 0.29) is 11.7 Å². The minimum atomic E-state index is 0.0989. The Balaban J connectivity index is 0.000000299. The molecule has 1 aliphatic heterocycles. The number of aliphatic hydroxyl groups is 1. The van der Waals surface area contributed by atoms with E-state index in [2.05, 4.69) is 29.5 Å². The third-order valence-corrected chi connectivity index (χ3v) is 6.26. The van der Waals surface area contributed by atoms with Crippen LogP contribution in [0.1, 0.15) is 34.4 Å². The van der Waals surface area contributed by atoms with E-state index in [0.29, 0.717) is 37.9 Å². The number of nitrogens with one attached hydrogen (secondary N) is 1. The number of amides is 1. The minimum absolute atomic E-state index is 0.0989. The van der Waals surface area contributed by atoms with E-state index in [9.17, 15) is 14.9 Å². The lowest BCUT2D eigenvalue weighted by Crippen LogP contribution is -2.36. The number of carbonyl (C=O) groups excluding carboxylic acids is 2. The average Bonchev–Trinajstić information content (AvgIpc) is 3.20. The van der Waals surface area contributed by atoms with Gasteiger partial charge in [-0.3, -0.25) is 9.78 Å². The van der Waals surface area contributed by atoms with Crippen molar-refractivity contribution in [3.63, 3.8) is 0 Å². The van der Waals surface area contributed by atoms with Crippen molar-refractivity contribution >= 4 is 28.5 Å². The molecule has 8 heteroatoms. The van der Waals surface area contributed by atoms with Crippen molar-refractivity contribution in [3.05, 3.63) is 82.7 Å². The van der Waals surface area contributed by atoms with Crippen LogP contribution in [0.3, 0.4) is 0 Å². The van der Waals surface area contributed by atoms with Gasteiger partial charge in [0, 0.05) is 37.3 Å². The Morgan fingerprint density at radius 1 is 1.48 bits per heavy atom. The first kappa shape index (κ1) is 25.6. The second-order valence-corrected chi connectivity index (χ2v) is 8.37. The molecule has 0 aromatic carbocycles. The number of allylic oxidation sites excluding steroid dienone is 3. The molecule has 0 spiro atoms. The van der Waals surface area contributed by atoms with Gasteiger partial charge in [0.1, 0.15) is 23.1 Å². The first-order chi connectivity index (χ1) is 15.9. The van der Waals surface area contributed by atoms with Gasteiger partial charge in [-0.05, 0) is 41.7 Å². The van der Waals surface area contributed by atoms with Crippen molar-refractivity contribution in [1.29, 1.82) is 5.26 Å². The van der Waals surface area contributed by atoms with E-state index in [1.54, 1.807) is 23.7 Å². The minimum Gasteiger partial charge on any atom is -0.508 e. The standard InChI is InChI=1S/C16H16N4OS.C9H12O2/c1-18-16-13(8-17)12-4-6-20(10-14(12)22-16)15(21)7-11-3-2-5-19-9-11;1-3-5-9(11)8(2)6-4-7-10/h2-3,5,9,18H,4,6-7,10H2,1H3;3,5,7,11H,1-2,4,6H2/b;9-5+. The Morgan fingerprint density at radius 2 is 2.27 bits per heavy atom. The predicted molar refractivity (Wildman–Crippen MR) is 131 cm³/mol. The summed E-state index contributed by atoms with van der Waals surface area (Å²) in [6.45, 7) is 8.26. The maximum atomic E-state index is 12.4. The summed E-state index contributed by atoms with van der Waals surface area (Å²) in [6, 6.07) is 6.03. The van der Waals surface area contributed by atoms with Crippen LogP contribution in [0.25, 0.3) is 0 Å². The van der Waals surface area contributed by atoms with E-state index in [1.165, 1.54) is 12.2 Å². The van der Waals surface area contributed by atoms with Crippen molar-refractivity contribution < 1.29 is 14.7 Å². The van der Waals surface area contributed by atoms with E-state index in [0.717, 1.165) is 39.3 Å². The van der Waals surface area contributed by atoms with Gasteiger partial charge in [-0.25, -0.2) is 0 Å². The van der Waals surface area contributed by atoms with Crippen molar-refractivity contribution in [3.8, 4) is 6.07 Å². The molecule has 0 saturated carbocycles. The fourth-order valence-corrected chi connectivity index (χ4v) is 4.46. The number of anilines is 1. The molecule has 2 N–H and O–H groups in total. The maximum Gasteiger partial charge on any atom is 0.227 e. The van der Waals surface area contributed by atoms with Gasteiger partial charge < -0.3 is 20.1 Å². The molecule has 1 aliphatic rings. The monoisotopic (exact) mass is 464 g/mol. The zero-order valence-corrected chi connectivity index (χ0v) is 19.5. The van der Waals surface area contributed by atoms with E-state index in [4.69, 9.17) is 5.11 Å². The molecule has 0 radical (unpaired) electrons. The number of fused-ring (bicyclic) bond motifs is 1. The summed E-state index contributed by atoms with van der Waals surface area (Å²) in [5.41, 5.74) is 3.33. The number of hydrogen-bond acceptors (Lipinski definition) is 7. The number of aromatic nitrogens is 1. The summed E-state index contributed by atoms with van der Waals surface area (Å²) < 4.78 is 0. The lowest BCUT2D eigenvalue weighted by atomic mass is 10.0. The molecule has 2 aromatic rings. The molecule has 7 nitrogen and oxygen atoms in total. The second kappa shape index (κ2) is 13.0. The fourth-order valence-electron chi connectivity index (χ4n) is 3.29. The number of carbonyl (C=O) groups is 2. The fraction of sp³-hybridized carbons (Fsp3) is 0.280. The highest BCUT2D eigenvalue weighted by Gasteiger charge is 2.26. The van der Waals surface area contributed by atoms with Crippen LogP contribution in [0, 0.1) is 11.3 Å². The molecule has 172 valence electrons. The van der Waals surface area contributed by atoms with E-state index < -0.39 is 0 Å². The van der Waals surface area contributed by atoms with Crippen LogP contribution in [-0.2, 0) is 29.0 Å². The van der Waals surface area contributed by atoms with Crippen LogP contribution >= 0.6 is 11.3 Å². The Kier molecular flexibility index (Phi) is 10.1. The van der Waals surface area contributed by atoms with Gasteiger partial charge in [0.15, 0.2) is 0 Å². The Morgan fingerprint density at radius 3 is 2.88 bits per heavy atom. The zero-order chi connectivity index (χ0) is 24.2. The molecule has 0 atom stereocenters. The molecular weight excluding hydrogens is 436 g/mol. The number of nitrogens with zero attached hydrogens (tertiary/aromatic N) is 3. The molecule has 1 amide bonds. The smallest absolute Gasteiger partial charge is 0.227 e. The topological polar surface area (TPSA) is 106 Å². The number of nitriles is 1. The maximum absolute atomic E-state index is 12.4. The van der Waals surface area contributed by atoms with Crippen molar-refractivity contribution in [1.82, 2.24) is 9.88 Å². The second-order valence-electron chi connectivity index (χ2n) is 7.27. The Hall–Kier alpha value is -3.70. The lowest BCUT2D eigenvalue weighted by Gasteiger charge is -2.27. The molecule has 0 fully saturated rings. The highest BCUT2D eigenvalue weighted by molar-refractivity contribution is 7.16. The largest absolute Gasteiger partial charge is 0.508 e. The molecule has 0 bridgehead atoms. The highest BCUT2D eigenvalue weighted by atomic mass is 32.1. The quantitative estimate of drug-likeness (QED) is 0.342. The predicted octanol–water partition coefficient (Wildman–Crippen LogP) is 4.33. The summed E-state index contributed by atoms with van der Waals surface area (Å²) in [5, 5.41) is 22.4. The van der Waals surface area contributed by atoms with E-state index >= 15 is 0 Å². The SMILES string of the molecule is C=C/C=C(/O)C(=C)CCC=O.CNc1sc2c(c1C#N)CCN(C(=O)Cc1cccnc1)C2. The molecule has 0 saturated heterocycles. The van der Waals surface area contributed by atoms with Gasteiger partial charge >= 0.3 is 0 Å². The van der Waals surface area contributed by atoms with E-state index in [1.807, 2.05) is 24.1 Å². The number of pyridine rings is 1. The third-order valence-electron chi connectivity index (χ3n) is 5.03. The van der Waals surface area contributed by atoms with Gasteiger partial charge in [-0.2, -0.15) is 5.26 Å². The van der Waals surface area contributed by atoms with Gasteiger partial charge in [0.25, 0.3) is 0 Å². The number of aldehydes is 1. The van der Waals surface area contributed by atoms with Crippen molar-refractivity contribution in [2.75, 3.05) is 18.9 Å².